The van der Waals surface area contributed by atoms with Crippen LogP contribution in [0.1, 0.15) is 41.5 Å². The van der Waals surface area contributed by atoms with Crippen molar-refractivity contribution in [2.75, 3.05) is 0 Å². The topological polar surface area (TPSA) is 0 Å². The van der Waals surface area contributed by atoms with Gasteiger partial charge in [0.05, 0.1) is 0 Å². The van der Waals surface area contributed by atoms with Crippen molar-refractivity contribution in [1.29, 1.82) is 0 Å². The standard InChI is InChI=1S/C8H18Cl3PSi/c1-7(2,3)12(8(4,5)6)13(9,10)11/h1-6H3. The molecule has 0 amide bonds. The molecule has 0 N–H and O–H groups in total. The highest BCUT2D eigenvalue weighted by molar-refractivity contribution is 8.19. The lowest BCUT2D eigenvalue weighted by atomic mass is 10.2. The zero-order chi connectivity index (χ0) is 11.1. The quantitative estimate of drug-likeness (QED) is 0.351. The Morgan fingerprint density at radius 2 is 1.00 bits per heavy atom. The van der Waals surface area contributed by atoms with Crippen molar-refractivity contribution in [1.82, 2.24) is 0 Å². The van der Waals surface area contributed by atoms with Crippen molar-refractivity contribution >= 4 is 46.4 Å². The highest BCUT2D eigenvalue weighted by atomic mass is 35.9. The first-order valence-electron chi connectivity index (χ1n) is 4.24. The van der Waals surface area contributed by atoms with Crippen molar-refractivity contribution in [3.63, 3.8) is 0 Å². The molecule has 0 nitrogen and oxygen atoms in total. The summed E-state index contributed by atoms with van der Waals surface area (Å²) in [6.07, 6.45) is 0. The Hall–Kier alpha value is 1.52. The fourth-order valence-electron chi connectivity index (χ4n) is 1.77. The Balaban J connectivity index is 5.02. The summed E-state index contributed by atoms with van der Waals surface area (Å²) in [6, 6.07) is 0. The van der Waals surface area contributed by atoms with E-state index in [1.165, 1.54) is 0 Å². The lowest BCUT2D eigenvalue weighted by Crippen LogP contribution is -2.34. The van der Waals surface area contributed by atoms with Gasteiger partial charge in [0.1, 0.15) is 0 Å². The Kier molecular flexibility index (Phi) is 4.66. The predicted molar refractivity (Wildman–Crippen MR) is 69.7 cm³/mol. The van der Waals surface area contributed by atoms with Crippen LogP contribution in [0.3, 0.4) is 0 Å². The lowest BCUT2D eigenvalue weighted by molar-refractivity contribution is 0.719. The number of rotatable bonds is 1. The van der Waals surface area contributed by atoms with Crippen molar-refractivity contribution in [3.05, 3.63) is 0 Å². The second kappa shape index (κ2) is 4.18. The van der Waals surface area contributed by atoms with Crippen LogP contribution in [0.2, 0.25) is 0 Å². The molecule has 0 spiro atoms. The molecule has 0 aliphatic heterocycles. The zero-order valence-electron chi connectivity index (χ0n) is 9.08. The van der Waals surface area contributed by atoms with E-state index in [0.29, 0.717) is 0 Å². The van der Waals surface area contributed by atoms with Crippen molar-refractivity contribution in [2.24, 2.45) is 0 Å². The Bertz CT molecular complexity index is 142. The maximum Gasteiger partial charge on any atom is 0.366 e. The van der Waals surface area contributed by atoms with Crippen LogP contribution in [0.25, 0.3) is 0 Å². The average Bonchev–Trinajstić information content (AvgIpc) is 1.44. The number of halogens is 3. The van der Waals surface area contributed by atoms with E-state index in [-0.39, 0.29) is 10.3 Å². The third-order valence-electron chi connectivity index (χ3n) is 1.60. The summed E-state index contributed by atoms with van der Waals surface area (Å²) in [5.74, 6) is 0. The molecular weight excluding hydrogens is 262 g/mol. The van der Waals surface area contributed by atoms with E-state index < -0.39 is 13.1 Å². The third-order valence-corrected chi connectivity index (χ3v) is 14.9. The highest BCUT2D eigenvalue weighted by Gasteiger charge is 2.49. The van der Waals surface area contributed by atoms with E-state index in [2.05, 4.69) is 41.5 Å². The second-order valence-electron chi connectivity index (χ2n) is 5.14. The molecule has 0 saturated heterocycles. The second-order valence-corrected chi connectivity index (χ2v) is 22.0. The number of hydrogen-bond donors (Lipinski definition) is 0. The highest BCUT2D eigenvalue weighted by Crippen LogP contribution is 2.69. The molecule has 13 heavy (non-hydrogen) atoms. The van der Waals surface area contributed by atoms with E-state index >= 15 is 0 Å². The summed E-state index contributed by atoms with van der Waals surface area (Å²) in [4.78, 5) is 0. The van der Waals surface area contributed by atoms with Crippen molar-refractivity contribution in [3.8, 4) is 0 Å². The molecule has 0 unspecified atom stereocenters. The first-order chi connectivity index (χ1) is 5.37. The SMILES string of the molecule is CC(C)(C)P(C(C)(C)C)[Si](Cl)(Cl)Cl. The molecule has 0 aliphatic carbocycles. The summed E-state index contributed by atoms with van der Waals surface area (Å²) in [6.45, 7) is 13.0. The van der Waals surface area contributed by atoms with Gasteiger partial charge in [0, 0.05) is 0 Å². The minimum absolute atomic E-state index is 0.116. The van der Waals surface area contributed by atoms with Gasteiger partial charge in [-0.15, -0.1) is 33.2 Å². The largest absolute Gasteiger partial charge is 0.366 e. The van der Waals surface area contributed by atoms with E-state index in [1.807, 2.05) is 0 Å². The average molecular weight is 280 g/mol. The van der Waals surface area contributed by atoms with Gasteiger partial charge in [0.25, 0.3) is 0 Å². The molecular formula is C8H18Cl3PSi. The predicted octanol–water partition coefficient (Wildman–Crippen LogP) is 5.22. The Morgan fingerprint density at radius 3 is 1.00 bits per heavy atom. The molecule has 0 fully saturated rings. The smallest absolute Gasteiger partial charge is 0.121 e. The fraction of sp³-hybridized carbons (Fsp3) is 1.00. The molecule has 0 aromatic carbocycles. The molecule has 0 heterocycles. The minimum atomic E-state index is -2.58. The monoisotopic (exact) mass is 278 g/mol. The van der Waals surface area contributed by atoms with E-state index in [4.69, 9.17) is 33.2 Å². The molecule has 5 heteroatoms. The van der Waals surface area contributed by atoms with Gasteiger partial charge in [-0.3, -0.25) is 0 Å². The zero-order valence-corrected chi connectivity index (χ0v) is 13.2. The fourth-order valence-corrected chi connectivity index (χ4v) is 23.6. The molecule has 0 aromatic rings. The van der Waals surface area contributed by atoms with E-state index in [9.17, 15) is 0 Å². The molecule has 0 radical (unpaired) electrons. The van der Waals surface area contributed by atoms with Crippen molar-refractivity contribution in [2.45, 2.75) is 51.9 Å². The molecule has 0 rings (SSSR count). The summed E-state index contributed by atoms with van der Waals surface area (Å²) >= 11 is 18.5. The van der Waals surface area contributed by atoms with Gasteiger partial charge in [-0.1, -0.05) is 49.0 Å². The number of hydrogen-bond acceptors (Lipinski definition) is 0. The van der Waals surface area contributed by atoms with Crippen LogP contribution in [0.15, 0.2) is 0 Å². The molecule has 0 atom stereocenters. The Morgan fingerprint density at radius 1 is 0.769 bits per heavy atom. The molecule has 80 valence electrons. The van der Waals surface area contributed by atoms with Crippen LogP contribution in [0.4, 0.5) is 0 Å². The van der Waals surface area contributed by atoms with Crippen LogP contribution in [0, 0.1) is 0 Å². The van der Waals surface area contributed by atoms with Gasteiger partial charge in [-0.2, -0.15) is 0 Å². The summed E-state index contributed by atoms with van der Waals surface area (Å²) in [5, 5.41) is 0.232. The van der Waals surface area contributed by atoms with Gasteiger partial charge < -0.3 is 0 Å². The van der Waals surface area contributed by atoms with Gasteiger partial charge in [0.15, 0.2) is 0 Å². The van der Waals surface area contributed by atoms with Gasteiger partial charge in [0.2, 0.25) is 0 Å². The van der Waals surface area contributed by atoms with Crippen LogP contribution >= 0.6 is 40.7 Å². The maximum atomic E-state index is 6.17. The molecule has 0 bridgehead atoms. The summed E-state index contributed by atoms with van der Waals surface area (Å²) in [7, 11) is -0.549. The van der Waals surface area contributed by atoms with Gasteiger partial charge >= 0.3 is 5.67 Å². The Labute approximate surface area is 98.1 Å². The van der Waals surface area contributed by atoms with Crippen molar-refractivity contribution < 1.29 is 0 Å². The molecule has 0 saturated carbocycles. The molecule has 0 aromatic heterocycles. The van der Waals surface area contributed by atoms with Gasteiger partial charge in [-0.05, 0) is 10.3 Å². The third kappa shape index (κ3) is 4.71. The normalized spacial score (nSPS) is 15.2. The van der Waals surface area contributed by atoms with Crippen LogP contribution in [-0.4, -0.2) is 16.0 Å². The van der Waals surface area contributed by atoms with Crippen LogP contribution in [0.5, 0.6) is 0 Å². The molecule has 0 aliphatic rings. The van der Waals surface area contributed by atoms with Crippen LogP contribution in [-0.2, 0) is 0 Å². The maximum absolute atomic E-state index is 6.17. The first-order valence-corrected chi connectivity index (χ1v) is 11.5. The van der Waals surface area contributed by atoms with E-state index in [0.717, 1.165) is 0 Å². The summed E-state index contributed by atoms with van der Waals surface area (Å²) < 4.78 is 0. The van der Waals surface area contributed by atoms with Gasteiger partial charge in [-0.25, -0.2) is 0 Å². The van der Waals surface area contributed by atoms with Crippen LogP contribution < -0.4 is 0 Å². The minimum Gasteiger partial charge on any atom is -0.121 e. The van der Waals surface area contributed by atoms with E-state index in [1.54, 1.807) is 0 Å². The first kappa shape index (κ1) is 14.5. The summed E-state index contributed by atoms with van der Waals surface area (Å²) in [5.41, 5.74) is -2.58. The lowest BCUT2D eigenvalue weighted by Gasteiger charge is -2.44.